The summed E-state index contributed by atoms with van der Waals surface area (Å²) >= 11 is 0. The van der Waals surface area contributed by atoms with Crippen LogP contribution in [0.1, 0.15) is 42.6 Å². The maximum atomic E-state index is 13.2. The van der Waals surface area contributed by atoms with Gasteiger partial charge in [0.05, 0.1) is 5.56 Å². The highest BCUT2D eigenvalue weighted by atomic mass is 19.1. The molecule has 2 aromatic rings. The van der Waals surface area contributed by atoms with Crippen molar-refractivity contribution < 1.29 is 13.9 Å². The van der Waals surface area contributed by atoms with Gasteiger partial charge in [-0.25, -0.2) is 4.39 Å². The fraction of sp³-hybridized carbons (Fsp3) is 0.235. The molecule has 0 atom stereocenters. The highest BCUT2D eigenvalue weighted by molar-refractivity contribution is 5.96. The molecule has 0 unspecified atom stereocenters. The topological polar surface area (TPSA) is 26.3 Å². The first-order valence-electron chi connectivity index (χ1n) is 6.56. The van der Waals surface area contributed by atoms with E-state index in [1.54, 1.807) is 0 Å². The standard InChI is InChI=1S/C17H17FO2/c1-11(2)14-6-4-5-7-16(14)20-17-9-8-13(18)10-15(17)12(3)19/h4-11H,1-3H3. The van der Waals surface area contributed by atoms with Crippen LogP contribution in [-0.2, 0) is 0 Å². The average Bonchev–Trinajstić information content (AvgIpc) is 2.41. The van der Waals surface area contributed by atoms with Crippen LogP contribution < -0.4 is 4.74 Å². The van der Waals surface area contributed by atoms with Crippen LogP contribution in [0.4, 0.5) is 4.39 Å². The summed E-state index contributed by atoms with van der Waals surface area (Å²) in [6.45, 7) is 5.54. The lowest BCUT2D eigenvalue weighted by molar-refractivity contribution is 0.101. The van der Waals surface area contributed by atoms with Crippen LogP contribution in [0.3, 0.4) is 0 Å². The molecule has 0 aliphatic rings. The summed E-state index contributed by atoms with van der Waals surface area (Å²) in [6, 6.07) is 11.6. The van der Waals surface area contributed by atoms with Gasteiger partial charge in [0.1, 0.15) is 17.3 Å². The van der Waals surface area contributed by atoms with Crippen LogP contribution in [0, 0.1) is 5.82 Å². The van der Waals surface area contributed by atoms with Gasteiger partial charge in [-0.3, -0.25) is 4.79 Å². The molecule has 104 valence electrons. The van der Waals surface area contributed by atoms with Crippen molar-refractivity contribution in [1.82, 2.24) is 0 Å². The molecule has 0 aromatic heterocycles. The summed E-state index contributed by atoms with van der Waals surface area (Å²) in [4.78, 5) is 11.6. The first-order chi connectivity index (χ1) is 9.49. The minimum Gasteiger partial charge on any atom is -0.456 e. The largest absolute Gasteiger partial charge is 0.456 e. The maximum Gasteiger partial charge on any atom is 0.163 e. The van der Waals surface area contributed by atoms with Crippen molar-refractivity contribution in [2.75, 3.05) is 0 Å². The number of ketones is 1. The molecule has 20 heavy (non-hydrogen) atoms. The van der Waals surface area contributed by atoms with Crippen molar-refractivity contribution in [1.29, 1.82) is 0 Å². The Kier molecular flexibility index (Phi) is 4.18. The molecule has 0 N–H and O–H groups in total. The first kappa shape index (κ1) is 14.3. The highest BCUT2D eigenvalue weighted by Gasteiger charge is 2.13. The molecule has 0 saturated heterocycles. The second-order valence-electron chi connectivity index (χ2n) is 4.99. The molecule has 2 rings (SSSR count). The van der Waals surface area contributed by atoms with Crippen molar-refractivity contribution in [3.63, 3.8) is 0 Å². The normalized spacial score (nSPS) is 10.7. The number of benzene rings is 2. The number of hydrogen-bond donors (Lipinski definition) is 0. The molecule has 0 aliphatic carbocycles. The van der Waals surface area contributed by atoms with Crippen LogP contribution in [0.15, 0.2) is 42.5 Å². The van der Waals surface area contributed by atoms with Crippen LogP contribution in [0.25, 0.3) is 0 Å². The van der Waals surface area contributed by atoms with Crippen molar-refractivity contribution in [3.8, 4) is 11.5 Å². The van der Waals surface area contributed by atoms with E-state index in [-0.39, 0.29) is 11.3 Å². The molecule has 2 aromatic carbocycles. The number of rotatable bonds is 4. The number of para-hydroxylation sites is 1. The van der Waals surface area contributed by atoms with E-state index in [9.17, 15) is 9.18 Å². The van der Waals surface area contributed by atoms with Gasteiger partial charge in [-0.05, 0) is 42.7 Å². The smallest absolute Gasteiger partial charge is 0.163 e. The minimum absolute atomic E-state index is 0.221. The summed E-state index contributed by atoms with van der Waals surface area (Å²) in [7, 11) is 0. The predicted molar refractivity (Wildman–Crippen MR) is 77.0 cm³/mol. The zero-order valence-electron chi connectivity index (χ0n) is 11.8. The molecule has 2 nitrogen and oxygen atoms in total. The second kappa shape index (κ2) is 5.87. The Labute approximate surface area is 118 Å². The fourth-order valence-corrected chi connectivity index (χ4v) is 2.04. The SMILES string of the molecule is CC(=O)c1cc(F)ccc1Oc1ccccc1C(C)C. The van der Waals surface area contributed by atoms with Crippen LogP contribution in [0.2, 0.25) is 0 Å². The van der Waals surface area contributed by atoms with Gasteiger partial charge in [0.15, 0.2) is 5.78 Å². The molecule has 3 heteroatoms. The summed E-state index contributed by atoms with van der Waals surface area (Å²) in [6.07, 6.45) is 0. The van der Waals surface area contributed by atoms with Crippen LogP contribution in [0.5, 0.6) is 11.5 Å². The van der Waals surface area contributed by atoms with Crippen molar-refractivity contribution in [2.45, 2.75) is 26.7 Å². The lowest BCUT2D eigenvalue weighted by Crippen LogP contribution is -2.00. The maximum absolute atomic E-state index is 13.2. The summed E-state index contributed by atoms with van der Waals surface area (Å²) in [5, 5.41) is 0. The Bertz CT molecular complexity index is 633. The number of hydrogen-bond acceptors (Lipinski definition) is 2. The number of ether oxygens (including phenoxy) is 1. The molecule has 0 fully saturated rings. The number of carbonyl (C=O) groups excluding carboxylic acids is 1. The third kappa shape index (κ3) is 3.05. The summed E-state index contributed by atoms with van der Waals surface area (Å²) < 4.78 is 19.1. The lowest BCUT2D eigenvalue weighted by atomic mass is 10.0. The molecular weight excluding hydrogens is 255 g/mol. The van der Waals surface area contributed by atoms with Gasteiger partial charge in [-0.15, -0.1) is 0 Å². The zero-order chi connectivity index (χ0) is 14.7. The van der Waals surface area contributed by atoms with E-state index >= 15 is 0 Å². The molecule has 0 saturated carbocycles. The third-order valence-corrected chi connectivity index (χ3v) is 3.08. The highest BCUT2D eigenvalue weighted by Crippen LogP contribution is 2.32. The number of Topliss-reactive ketones (excluding diaryl/α,β-unsaturated/α-hetero) is 1. The second-order valence-corrected chi connectivity index (χ2v) is 4.99. The van der Waals surface area contributed by atoms with Crippen molar-refractivity contribution in [3.05, 3.63) is 59.4 Å². The van der Waals surface area contributed by atoms with E-state index in [4.69, 9.17) is 4.74 Å². The van der Waals surface area contributed by atoms with E-state index in [0.717, 1.165) is 5.56 Å². The van der Waals surface area contributed by atoms with Crippen molar-refractivity contribution >= 4 is 5.78 Å². The van der Waals surface area contributed by atoms with Crippen molar-refractivity contribution in [2.24, 2.45) is 0 Å². The Morgan fingerprint density at radius 2 is 1.80 bits per heavy atom. The fourth-order valence-electron chi connectivity index (χ4n) is 2.04. The summed E-state index contributed by atoms with van der Waals surface area (Å²) in [5.74, 6) is 0.706. The molecule has 0 heterocycles. The van der Waals surface area contributed by atoms with Gasteiger partial charge in [-0.2, -0.15) is 0 Å². The van der Waals surface area contributed by atoms with Gasteiger partial charge in [0, 0.05) is 0 Å². The first-order valence-corrected chi connectivity index (χ1v) is 6.56. The van der Waals surface area contributed by atoms with E-state index in [1.165, 1.54) is 25.1 Å². The Hall–Kier alpha value is -2.16. The molecule has 0 bridgehead atoms. The molecule has 0 radical (unpaired) electrons. The summed E-state index contributed by atoms with van der Waals surface area (Å²) in [5.41, 5.74) is 1.30. The van der Waals surface area contributed by atoms with E-state index in [1.807, 2.05) is 24.3 Å². The van der Waals surface area contributed by atoms with Gasteiger partial charge in [0.25, 0.3) is 0 Å². The molecule has 0 spiro atoms. The Morgan fingerprint density at radius 3 is 2.45 bits per heavy atom. The molecular formula is C17H17FO2. The zero-order valence-corrected chi connectivity index (χ0v) is 11.8. The molecule has 0 aliphatic heterocycles. The monoisotopic (exact) mass is 272 g/mol. The van der Waals surface area contributed by atoms with E-state index in [2.05, 4.69) is 13.8 Å². The van der Waals surface area contributed by atoms with E-state index in [0.29, 0.717) is 17.4 Å². The lowest BCUT2D eigenvalue weighted by Gasteiger charge is -2.15. The van der Waals surface area contributed by atoms with Crippen LogP contribution in [-0.4, -0.2) is 5.78 Å². The van der Waals surface area contributed by atoms with Gasteiger partial charge >= 0.3 is 0 Å². The Morgan fingerprint density at radius 1 is 1.10 bits per heavy atom. The molecule has 0 amide bonds. The van der Waals surface area contributed by atoms with Gasteiger partial charge in [0.2, 0.25) is 0 Å². The average molecular weight is 272 g/mol. The Balaban J connectivity index is 2.43. The van der Waals surface area contributed by atoms with Gasteiger partial charge < -0.3 is 4.74 Å². The third-order valence-electron chi connectivity index (χ3n) is 3.08. The van der Waals surface area contributed by atoms with Crippen LogP contribution >= 0.6 is 0 Å². The number of carbonyl (C=O) groups is 1. The van der Waals surface area contributed by atoms with Gasteiger partial charge in [-0.1, -0.05) is 32.0 Å². The minimum atomic E-state index is -0.445. The quantitative estimate of drug-likeness (QED) is 0.736. The predicted octanol–water partition coefficient (Wildman–Crippen LogP) is 4.94. The number of halogens is 1. The van der Waals surface area contributed by atoms with E-state index < -0.39 is 5.82 Å².